The molecule has 0 fully saturated rings. The zero-order valence-electron chi connectivity index (χ0n) is 52.9. The molecule has 0 aliphatic heterocycles. The van der Waals surface area contributed by atoms with Gasteiger partial charge in [0, 0.05) is 12.8 Å². The van der Waals surface area contributed by atoms with Crippen LogP contribution in [-0.4, -0.2) is 36.4 Å². The smallest absolute Gasteiger partial charge is 0.306 e. The molecule has 1 atom stereocenters. The average molecular weight is 1130 g/mol. The van der Waals surface area contributed by atoms with Crippen molar-refractivity contribution < 1.29 is 24.2 Å². The van der Waals surface area contributed by atoms with Gasteiger partial charge in [-0.05, 0) is 135 Å². The highest BCUT2D eigenvalue weighted by Gasteiger charge is 2.16. The van der Waals surface area contributed by atoms with Gasteiger partial charge in [-0.25, -0.2) is 0 Å². The lowest BCUT2D eigenvalue weighted by Gasteiger charge is -2.15. The van der Waals surface area contributed by atoms with Crippen LogP contribution in [0.4, 0.5) is 0 Å². The lowest BCUT2D eigenvalue weighted by molar-refractivity contribution is -0.161. The first-order chi connectivity index (χ1) is 40.6. The third kappa shape index (κ3) is 67.8. The molecule has 0 rings (SSSR count). The van der Waals surface area contributed by atoms with Gasteiger partial charge in [0.1, 0.15) is 6.61 Å². The first-order valence-electron chi connectivity index (χ1n) is 33.7. The molecule has 0 aliphatic carbocycles. The van der Waals surface area contributed by atoms with Gasteiger partial charge >= 0.3 is 11.9 Å². The fraction of sp³-hybridized carbons (Fsp3) is 0.610. The van der Waals surface area contributed by atoms with Gasteiger partial charge in [0.05, 0.1) is 6.61 Å². The molecule has 5 nitrogen and oxygen atoms in total. The molecule has 0 saturated carbocycles. The van der Waals surface area contributed by atoms with E-state index in [1.54, 1.807) is 0 Å². The van der Waals surface area contributed by atoms with Gasteiger partial charge in [0.2, 0.25) is 0 Å². The van der Waals surface area contributed by atoms with Crippen molar-refractivity contribution >= 4 is 11.9 Å². The summed E-state index contributed by atoms with van der Waals surface area (Å²) in [4.78, 5) is 24.6. The van der Waals surface area contributed by atoms with Crippen LogP contribution in [0.15, 0.2) is 170 Å². The molecule has 0 aliphatic rings. The number of carbonyl (C=O) groups is 2. The summed E-state index contributed by atoms with van der Waals surface area (Å²) in [6.45, 7) is 3.99. The molecule has 1 unspecified atom stereocenters. The Hall–Kier alpha value is -4.74. The molecule has 0 heterocycles. The highest BCUT2D eigenvalue weighted by Crippen LogP contribution is 2.16. The van der Waals surface area contributed by atoms with Crippen LogP contribution in [0.25, 0.3) is 0 Å². The van der Waals surface area contributed by atoms with E-state index in [0.29, 0.717) is 12.8 Å². The van der Waals surface area contributed by atoms with Crippen LogP contribution in [0.1, 0.15) is 284 Å². The van der Waals surface area contributed by atoms with E-state index in [0.717, 1.165) is 128 Å². The van der Waals surface area contributed by atoms with Gasteiger partial charge in [0.25, 0.3) is 0 Å². The molecule has 0 spiro atoms. The molecular weight excluding hydrogens is 1000 g/mol. The summed E-state index contributed by atoms with van der Waals surface area (Å²) in [6.07, 6.45) is 109. The Kier molecular flexibility index (Phi) is 66.4. The number of allylic oxidation sites excluding steroid dienone is 28. The van der Waals surface area contributed by atoms with Crippen LogP contribution in [0.5, 0.6) is 0 Å². The molecule has 0 amide bonds. The maximum absolute atomic E-state index is 12.3. The number of esters is 2. The van der Waals surface area contributed by atoms with E-state index in [2.05, 4.69) is 184 Å². The number of hydrogen-bond acceptors (Lipinski definition) is 5. The van der Waals surface area contributed by atoms with Crippen molar-refractivity contribution in [2.45, 2.75) is 290 Å². The van der Waals surface area contributed by atoms with Gasteiger partial charge in [0.15, 0.2) is 6.10 Å². The molecule has 0 saturated heterocycles. The van der Waals surface area contributed by atoms with Crippen molar-refractivity contribution in [1.82, 2.24) is 0 Å². The van der Waals surface area contributed by atoms with Crippen molar-refractivity contribution in [2.24, 2.45) is 0 Å². The van der Waals surface area contributed by atoms with Gasteiger partial charge in [-0.1, -0.05) is 306 Å². The van der Waals surface area contributed by atoms with Crippen molar-refractivity contribution in [3.63, 3.8) is 0 Å². The molecule has 5 heteroatoms. The maximum atomic E-state index is 12.3. The second-order valence-electron chi connectivity index (χ2n) is 21.8. The van der Waals surface area contributed by atoms with Gasteiger partial charge < -0.3 is 14.6 Å². The highest BCUT2D eigenvalue weighted by atomic mass is 16.6. The monoisotopic (exact) mass is 1130 g/mol. The van der Waals surface area contributed by atoms with Crippen molar-refractivity contribution in [1.29, 1.82) is 0 Å². The second-order valence-corrected chi connectivity index (χ2v) is 21.8. The number of aliphatic hydroxyl groups is 1. The van der Waals surface area contributed by atoms with Crippen LogP contribution in [0.2, 0.25) is 0 Å². The van der Waals surface area contributed by atoms with E-state index in [-0.39, 0.29) is 25.2 Å². The van der Waals surface area contributed by atoms with E-state index in [1.807, 2.05) is 0 Å². The Morgan fingerprint density at radius 2 is 0.524 bits per heavy atom. The van der Waals surface area contributed by atoms with Gasteiger partial charge in [-0.2, -0.15) is 0 Å². The zero-order chi connectivity index (χ0) is 59.1. The summed E-state index contributed by atoms with van der Waals surface area (Å²) >= 11 is 0. The molecule has 0 aromatic rings. The van der Waals surface area contributed by atoms with E-state index >= 15 is 0 Å². The molecule has 0 aromatic heterocycles. The Bertz CT molecular complexity index is 1810. The minimum atomic E-state index is -0.804. The largest absolute Gasteiger partial charge is 0.462 e. The Labute approximate surface area is 506 Å². The molecule has 0 aromatic carbocycles. The third-order valence-corrected chi connectivity index (χ3v) is 14.0. The minimum absolute atomic E-state index is 0.0888. The third-order valence-electron chi connectivity index (χ3n) is 14.0. The Morgan fingerprint density at radius 3 is 0.805 bits per heavy atom. The maximum Gasteiger partial charge on any atom is 0.306 e. The number of hydrogen-bond donors (Lipinski definition) is 1. The molecule has 82 heavy (non-hydrogen) atoms. The van der Waals surface area contributed by atoms with Crippen LogP contribution in [0.3, 0.4) is 0 Å². The van der Waals surface area contributed by atoms with Crippen molar-refractivity contribution in [3.05, 3.63) is 170 Å². The molecule has 462 valence electrons. The van der Waals surface area contributed by atoms with Gasteiger partial charge in [-0.15, -0.1) is 0 Å². The van der Waals surface area contributed by atoms with Crippen LogP contribution in [-0.2, 0) is 19.1 Å². The van der Waals surface area contributed by atoms with Crippen molar-refractivity contribution in [2.75, 3.05) is 13.2 Å². The fourth-order valence-electron chi connectivity index (χ4n) is 8.98. The summed E-state index contributed by atoms with van der Waals surface area (Å²) in [6, 6.07) is 0. The standard InChI is InChI=1S/C77H124O5/c1-3-5-7-9-11-13-15-17-19-21-23-25-27-29-31-33-35-36-37-38-39-40-42-44-46-48-50-52-54-56-58-60-62-64-66-68-70-72-77(80)82-75(73-78)74-81-76(79)71-69-67-65-63-61-59-57-55-53-51-49-47-45-43-41-34-32-30-28-26-24-22-20-18-16-14-12-10-8-6-4-2/h5,7,11,13,16-19,22-25,28-31,35-36,38-39,42,44,48,50,54,56,60,62,75,78H,3-4,6,8-10,12,14-15,20-21,26-27,32-34,37,40-41,43,45-47,49,51-53,55,57-59,61,63-74H2,1-2H3/b7-5-,13-11-,18-16-,19-17-,24-22-,25-23-,30-28-,31-29-,36-35-,39-38-,44-42-,50-48-,56-54-,62-60-. The van der Waals surface area contributed by atoms with E-state index in [9.17, 15) is 14.7 Å². The van der Waals surface area contributed by atoms with Crippen LogP contribution < -0.4 is 0 Å². The number of aliphatic hydroxyl groups excluding tert-OH is 1. The zero-order valence-corrected chi connectivity index (χ0v) is 52.9. The lowest BCUT2D eigenvalue weighted by Crippen LogP contribution is -2.28. The van der Waals surface area contributed by atoms with Crippen LogP contribution in [0, 0.1) is 0 Å². The second kappa shape index (κ2) is 70.5. The minimum Gasteiger partial charge on any atom is -0.462 e. The number of ether oxygens (including phenoxy) is 2. The highest BCUT2D eigenvalue weighted by molar-refractivity contribution is 5.70. The van der Waals surface area contributed by atoms with E-state index < -0.39 is 6.10 Å². The van der Waals surface area contributed by atoms with Crippen LogP contribution >= 0.6 is 0 Å². The van der Waals surface area contributed by atoms with Crippen molar-refractivity contribution in [3.8, 4) is 0 Å². The molecular formula is C77H124O5. The number of rotatable bonds is 60. The summed E-state index contributed by atoms with van der Waals surface area (Å²) in [5.41, 5.74) is 0. The lowest BCUT2D eigenvalue weighted by atomic mass is 10.0. The first kappa shape index (κ1) is 77.3. The molecule has 1 N–H and O–H groups in total. The molecule has 0 bridgehead atoms. The Balaban J connectivity index is 3.62. The fourth-order valence-corrected chi connectivity index (χ4v) is 8.98. The summed E-state index contributed by atoms with van der Waals surface area (Å²) in [5.74, 6) is -0.634. The quantitative estimate of drug-likeness (QED) is 0.0373. The SMILES string of the molecule is CC/C=C\C/C=C\C/C=C\C/C=C\C/C=C\C/C=C\C/C=C\C/C=C\C/C=C\C/C=C\C/C=C\CCCCCC(=O)OC(CO)COC(=O)CCCCCCCCCCCCCCCCCC/C=C\C/C=C\C/C=C\CCCCCCC. The average Bonchev–Trinajstić information content (AvgIpc) is 3.49. The van der Waals surface area contributed by atoms with E-state index in [4.69, 9.17) is 9.47 Å². The first-order valence-corrected chi connectivity index (χ1v) is 33.7. The Morgan fingerprint density at radius 1 is 0.293 bits per heavy atom. The predicted molar refractivity (Wildman–Crippen MR) is 361 cm³/mol. The van der Waals surface area contributed by atoms with Gasteiger partial charge in [-0.3, -0.25) is 9.59 Å². The summed E-state index contributed by atoms with van der Waals surface area (Å²) in [7, 11) is 0. The van der Waals surface area contributed by atoms with E-state index in [1.165, 1.54) is 128 Å². The topological polar surface area (TPSA) is 72.8 Å². The normalized spacial score (nSPS) is 13.4. The summed E-state index contributed by atoms with van der Waals surface area (Å²) < 4.78 is 10.7. The number of carbonyl (C=O) groups excluding carboxylic acids is 2. The summed E-state index contributed by atoms with van der Waals surface area (Å²) in [5, 5.41) is 9.69. The predicted octanol–water partition coefficient (Wildman–Crippen LogP) is 23.6. The number of unbranched alkanes of at least 4 members (excludes halogenated alkanes) is 24. The molecule has 0 radical (unpaired) electrons.